The summed E-state index contributed by atoms with van der Waals surface area (Å²) in [5, 5.41) is 8.14. The molecule has 3 aromatic rings. The number of nitrogens with one attached hydrogen (secondary N) is 1. The molecule has 2 amide bonds. The highest BCUT2D eigenvalue weighted by molar-refractivity contribution is 8.00. The van der Waals surface area contributed by atoms with Crippen molar-refractivity contribution in [3.05, 3.63) is 105 Å². The van der Waals surface area contributed by atoms with Crippen LogP contribution in [0.5, 0.6) is 0 Å². The number of β-lactam (4-membered cyclic amide) rings is 1. The van der Waals surface area contributed by atoms with E-state index in [9.17, 15) is 14.4 Å². The quantitative estimate of drug-likeness (QED) is 0.189. The van der Waals surface area contributed by atoms with E-state index < -0.39 is 23.5 Å². The minimum absolute atomic E-state index is 0.111. The molecule has 38 heavy (non-hydrogen) atoms. The zero-order valence-electron chi connectivity index (χ0n) is 20.5. The van der Waals surface area contributed by atoms with E-state index in [1.165, 1.54) is 41.3 Å². The Labute approximate surface area is 228 Å². The number of carbonyl (C=O) groups excluding carboxylic acids is 3. The van der Waals surface area contributed by atoms with Crippen LogP contribution in [0.4, 0.5) is 0 Å². The third-order valence-electron chi connectivity index (χ3n) is 6.17. The van der Waals surface area contributed by atoms with Gasteiger partial charge in [0.05, 0.1) is 12.6 Å². The summed E-state index contributed by atoms with van der Waals surface area (Å²) in [6.45, 7) is 0. The largest absolute Gasteiger partial charge is 0.448 e. The summed E-state index contributed by atoms with van der Waals surface area (Å²) in [5.74, 6) is -0.862. The van der Waals surface area contributed by atoms with Crippen LogP contribution in [0.1, 0.15) is 22.1 Å². The molecule has 194 valence electrons. The molecule has 0 radical (unpaired) electrons. The maximum atomic E-state index is 13.7. The lowest BCUT2D eigenvalue weighted by atomic mass is 10.0. The molecule has 1 N–H and O–H groups in total. The number of hydrogen-bond acceptors (Lipinski definition) is 8. The fourth-order valence-corrected chi connectivity index (χ4v) is 6.39. The molecule has 2 aliphatic rings. The molecule has 10 heteroatoms. The number of ether oxygens (including phenoxy) is 1. The third-order valence-corrected chi connectivity index (χ3v) is 8.34. The molecule has 1 aromatic heterocycles. The molecular weight excluding hydrogens is 522 g/mol. The number of carbonyl (C=O) groups is 3. The minimum atomic E-state index is -0.727. The molecular formula is C28H25N3O5S2. The molecule has 1 fully saturated rings. The van der Waals surface area contributed by atoms with Gasteiger partial charge in [0, 0.05) is 16.2 Å². The predicted octanol–water partition coefficient (Wildman–Crippen LogP) is 3.91. The first kappa shape index (κ1) is 25.7. The van der Waals surface area contributed by atoms with Gasteiger partial charge in [0.25, 0.3) is 5.91 Å². The van der Waals surface area contributed by atoms with Gasteiger partial charge < -0.3 is 14.9 Å². The summed E-state index contributed by atoms with van der Waals surface area (Å²) in [6.07, 6.45) is 0.949. The highest BCUT2D eigenvalue weighted by Crippen LogP contribution is 2.41. The molecule has 2 aliphatic heterocycles. The van der Waals surface area contributed by atoms with E-state index in [1.54, 1.807) is 0 Å². The Morgan fingerprint density at radius 3 is 2.37 bits per heavy atom. The highest BCUT2D eigenvalue weighted by Gasteiger charge is 2.54. The van der Waals surface area contributed by atoms with Gasteiger partial charge in [0.1, 0.15) is 24.2 Å². The Balaban J connectivity index is 1.40. The van der Waals surface area contributed by atoms with E-state index in [2.05, 4.69) is 10.5 Å². The average Bonchev–Trinajstić information content (AvgIpc) is 3.46. The molecule has 0 bridgehead atoms. The van der Waals surface area contributed by atoms with Crippen LogP contribution < -0.4 is 5.32 Å². The van der Waals surface area contributed by atoms with Crippen molar-refractivity contribution in [1.82, 2.24) is 10.2 Å². The van der Waals surface area contributed by atoms with Gasteiger partial charge in [-0.15, -0.1) is 23.1 Å². The number of amides is 2. The van der Waals surface area contributed by atoms with Gasteiger partial charge in [-0.2, -0.15) is 0 Å². The number of esters is 1. The first-order valence-corrected chi connectivity index (χ1v) is 13.9. The summed E-state index contributed by atoms with van der Waals surface area (Å²) in [6, 6.07) is 21.9. The minimum Gasteiger partial charge on any atom is -0.448 e. The van der Waals surface area contributed by atoms with E-state index in [-0.39, 0.29) is 23.9 Å². The Hall–Kier alpha value is -3.89. The molecule has 1 saturated heterocycles. The Morgan fingerprint density at radius 2 is 1.76 bits per heavy atom. The van der Waals surface area contributed by atoms with Gasteiger partial charge in [-0.05, 0) is 22.6 Å². The summed E-state index contributed by atoms with van der Waals surface area (Å²) in [5.41, 5.74) is 2.22. The number of fused-ring (bicyclic) bond motifs is 1. The molecule has 0 spiro atoms. The van der Waals surface area contributed by atoms with Crippen molar-refractivity contribution < 1.29 is 24.0 Å². The molecule has 0 aliphatic carbocycles. The average molecular weight is 548 g/mol. The molecule has 2 atom stereocenters. The lowest BCUT2D eigenvalue weighted by Gasteiger charge is -2.49. The van der Waals surface area contributed by atoms with E-state index in [1.807, 2.05) is 78.2 Å². The number of nitrogens with zero attached hydrogens (tertiary/aromatic N) is 2. The van der Waals surface area contributed by atoms with Crippen LogP contribution in [0.15, 0.2) is 94.6 Å². The van der Waals surface area contributed by atoms with Crippen LogP contribution in [-0.2, 0) is 30.4 Å². The number of oxime groups is 1. The SMILES string of the molecule is CO/N=C/C1=C(C(=O)OC(c2ccccc2)c2ccccc2)N2C(=O)[C@@H](NC(=O)Cc3cccs3)[C@H]2SC1. The summed E-state index contributed by atoms with van der Waals surface area (Å²) in [4.78, 5) is 46.7. The Bertz CT molecular complexity index is 1320. The van der Waals surface area contributed by atoms with Crippen LogP contribution >= 0.6 is 23.1 Å². The number of benzene rings is 2. The topological polar surface area (TPSA) is 97.3 Å². The monoisotopic (exact) mass is 547 g/mol. The lowest BCUT2D eigenvalue weighted by Crippen LogP contribution is -2.70. The fraction of sp³-hybridized carbons (Fsp3) is 0.214. The van der Waals surface area contributed by atoms with Crippen molar-refractivity contribution >= 4 is 47.1 Å². The second kappa shape index (κ2) is 11.7. The molecule has 0 saturated carbocycles. The van der Waals surface area contributed by atoms with Gasteiger partial charge in [-0.25, -0.2) is 4.79 Å². The number of thiophene rings is 1. The molecule has 8 nitrogen and oxygen atoms in total. The van der Waals surface area contributed by atoms with Crippen LogP contribution in [0, 0.1) is 0 Å². The Kier molecular flexibility index (Phi) is 7.90. The van der Waals surface area contributed by atoms with Gasteiger partial charge in [0.15, 0.2) is 6.10 Å². The second-order valence-electron chi connectivity index (χ2n) is 8.61. The number of hydrogen-bond donors (Lipinski definition) is 1. The Morgan fingerprint density at radius 1 is 1.08 bits per heavy atom. The van der Waals surface area contributed by atoms with Gasteiger partial charge in [-0.3, -0.25) is 14.5 Å². The highest BCUT2D eigenvalue weighted by atomic mass is 32.2. The summed E-state index contributed by atoms with van der Waals surface area (Å²) in [7, 11) is 1.41. The first-order chi connectivity index (χ1) is 18.6. The van der Waals surface area contributed by atoms with Gasteiger partial charge in [-0.1, -0.05) is 71.9 Å². The predicted molar refractivity (Wildman–Crippen MR) is 146 cm³/mol. The van der Waals surface area contributed by atoms with E-state index in [0.29, 0.717) is 11.3 Å². The second-order valence-corrected chi connectivity index (χ2v) is 10.7. The zero-order valence-corrected chi connectivity index (χ0v) is 22.1. The third kappa shape index (κ3) is 5.36. The first-order valence-electron chi connectivity index (χ1n) is 11.9. The van der Waals surface area contributed by atoms with Crippen molar-refractivity contribution in [3.8, 4) is 0 Å². The van der Waals surface area contributed by atoms with E-state index in [4.69, 9.17) is 9.57 Å². The van der Waals surface area contributed by atoms with Crippen LogP contribution in [-0.4, -0.2) is 53.2 Å². The van der Waals surface area contributed by atoms with Crippen molar-refractivity contribution in [2.75, 3.05) is 12.9 Å². The smallest absolute Gasteiger partial charge is 0.356 e. The van der Waals surface area contributed by atoms with Gasteiger partial charge >= 0.3 is 5.97 Å². The maximum absolute atomic E-state index is 13.7. The molecule has 5 rings (SSSR count). The number of thioether (sulfide) groups is 1. The molecule has 2 aromatic carbocycles. The lowest BCUT2D eigenvalue weighted by molar-refractivity contribution is -0.154. The van der Waals surface area contributed by atoms with Crippen molar-refractivity contribution in [1.29, 1.82) is 0 Å². The van der Waals surface area contributed by atoms with Crippen LogP contribution in [0.3, 0.4) is 0 Å². The van der Waals surface area contributed by atoms with Crippen molar-refractivity contribution in [3.63, 3.8) is 0 Å². The normalized spacial score (nSPS) is 18.8. The molecule has 0 unspecified atom stereocenters. The fourth-order valence-electron chi connectivity index (χ4n) is 4.39. The zero-order chi connectivity index (χ0) is 26.5. The van der Waals surface area contributed by atoms with Crippen molar-refractivity contribution in [2.45, 2.75) is 23.9 Å². The number of rotatable bonds is 9. The van der Waals surface area contributed by atoms with Crippen molar-refractivity contribution in [2.24, 2.45) is 5.16 Å². The van der Waals surface area contributed by atoms with Gasteiger partial charge in [0.2, 0.25) is 5.91 Å². The standard InChI is InChI=1S/C28H25N3O5S2/c1-35-29-16-20-17-38-27-23(30-22(32)15-21-13-8-14-37-21)26(33)31(27)24(20)28(34)36-25(18-9-4-2-5-10-18)19-11-6-3-7-12-19/h2-14,16,23,25,27H,15,17H2,1H3,(H,30,32)/b29-16+/t23-,27-/m1/s1. The maximum Gasteiger partial charge on any atom is 0.356 e. The summed E-state index contributed by atoms with van der Waals surface area (Å²) >= 11 is 2.93. The van der Waals surface area contributed by atoms with E-state index in [0.717, 1.165) is 16.0 Å². The molecule has 3 heterocycles. The van der Waals surface area contributed by atoms with Crippen LogP contribution in [0.2, 0.25) is 0 Å². The summed E-state index contributed by atoms with van der Waals surface area (Å²) < 4.78 is 6.07. The van der Waals surface area contributed by atoms with E-state index >= 15 is 0 Å². The van der Waals surface area contributed by atoms with Crippen LogP contribution in [0.25, 0.3) is 0 Å².